The molecule has 1 saturated carbocycles. The Bertz CT molecular complexity index is 422. The zero-order valence-electron chi connectivity index (χ0n) is 11.7. The van der Waals surface area contributed by atoms with Crippen molar-refractivity contribution in [1.82, 2.24) is 0 Å². The minimum atomic E-state index is 0.161. The van der Waals surface area contributed by atoms with Gasteiger partial charge in [-0.3, -0.25) is 4.99 Å². The molecule has 1 fully saturated rings. The van der Waals surface area contributed by atoms with Crippen LogP contribution in [0.1, 0.15) is 57.4 Å². The lowest BCUT2D eigenvalue weighted by atomic mass is 9.79. The molecular formula is C16H23BrN2. The van der Waals surface area contributed by atoms with Crippen LogP contribution >= 0.6 is 15.9 Å². The van der Waals surface area contributed by atoms with Crippen molar-refractivity contribution >= 4 is 27.8 Å². The van der Waals surface area contributed by atoms with Gasteiger partial charge in [0, 0.05) is 21.9 Å². The molecule has 0 aromatic heterocycles. The monoisotopic (exact) mass is 322 g/mol. The van der Waals surface area contributed by atoms with Crippen molar-refractivity contribution in [2.75, 3.05) is 5.73 Å². The van der Waals surface area contributed by atoms with E-state index in [1.807, 2.05) is 24.4 Å². The molecule has 0 heterocycles. The highest BCUT2D eigenvalue weighted by atomic mass is 79.9. The molecule has 0 spiro atoms. The van der Waals surface area contributed by atoms with E-state index in [0.717, 1.165) is 15.7 Å². The van der Waals surface area contributed by atoms with E-state index in [2.05, 4.69) is 22.9 Å². The minimum absolute atomic E-state index is 0.161. The van der Waals surface area contributed by atoms with E-state index < -0.39 is 0 Å². The summed E-state index contributed by atoms with van der Waals surface area (Å²) in [6.45, 7) is 2.25. The number of anilines is 1. The second-order valence-electron chi connectivity index (χ2n) is 5.54. The molecule has 2 rings (SSSR count). The maximum Gasteiger partial charge on any atom is 0.0608 e. The summed E-state index contributed by atoms with van der Waals surface area (Å²) in [5.41, 5.74) is 8.00. The summed E-state index contributed by atoms with van der Waals surface area (Å²) in [4.78, 5) is 4.96. The highest BCUT2D eigenvalue weighted by Gasteiger charge is 2.29. The van der Waals surface area contributed by atoms with Gasteiger partial charge in [-0.05, 0) is 31.4 Å². The Morgan fingerprint density at radius 1 is 1.32 bits per heavy atom. The Morgan fingerprint density at radius 2 is 2.05 bits per heavy atom. The topological polar surface area (TPSA) is 38.4 Å². The normalized spacial score (nSPS) is 18.8. The maximum absolute atomic E-state index is 6.03. The van der Waals surface area contributed by atoms with Gasteiger partial charge in [0.1, 0.15) is 0 Å². The lowest BCUT2D eigenvalue weighted by Crippen LogP contribution is -2.29. The van der Waals surface area contributed by atoms with E-state index in [9.17, 15) is 0 Å². The first-order valence-corrected chi connectivity index (χ1v) is 8.05. The first kappa shape index (κ1) is 14.6. The number of nitrogen functional groups attached to an aromatic ring is 1. The first-order chi connectivity index (χ1) is 9.17. The van der Waals surface area contributed by atoms with Crippen LogP contribution < -0.4 is 5.73 Å². The minimum Gasteiger partial charge on any atom is -0.398 e. The van der Waals surface area contributed by atoms with Gasteiger partial charge in [-0.1, -0.05) is 54.6 Å². The van der Waals surface area contributed by atoms with Gasteiger partial charge >= 0.3 is 0 Å². The van der Waals surface area contributed by atoms with Gasteiger partial charge in [-0.2, -0.15) is 0 Å². The van der Waals surface area contributed by atoms with Crippen molar-refractivity contribution in [2.45, 2.75) is 57.4 Å². The third kappa shape index (κ3) is 3.59. The smallest absolute Gasteiger partial charge is 0.0608 e. The van der Waals surface area contributed by atoms with Crippen molar-refractivity contribution < 1.29 is 0 Å². The van der Waals surface area contributed by atoms with Crippen LogP contribution in [0.2, 0.25) is 0 Å². The summed E-state index contributed by atoms with van der Waals surface area (Å²) in [6.07, 6.45) is 10.8. The molecule has 1 aromatic carbocycles. The fraction of sp³-hybridized carbons (Fsp3) is 0.562. The predicted octanol–water partition coefficient (Wildman–Crippen LogP) is 4.95. The molecule has 19 heavy (non-hydrogen) atoms. The average molecular weight is 323 g/mol. The SMILES string of the molecule is CCCC1(N=Cc2c(N)cccc2Br)CCCCC1. The van der Waals surface area contributed by atoms with Crippen LogP contribution in [-0.4, -0.2) is 11.8 Å². The van der Waals surface area contributed by atoms with Gasteiger partial charge in [0.15, 0.2) is 0 Å². The van der Waals surface area contributed by atoms with Crippen LogP contribution in [0.5, 0.6) is 0 Å². The lowest BCUT2D eigenvalue weighted by Gasteiger charge is -2.33. The summed E-state index contributed by atoms with van der Waals surface area (Å²) in [5, 5.41) is 0. The largest absolute Gasteiger partial charge is 0.398 e. The summed E-state index contributed by atoms with van der Waals surface area (Å²) < 4.78 is 1.03. The highest BCUT2D eigenvalue weighted by Crippen LogP contribution is 2.36. The first-order valence-electron chi connectivity index (χ1n) is 7.26. The second-order valence-corrected chi connectivity index (χ2v) is 6.39. The van der Waals surface area contributed by atoms with Crippen molar-refractivity contribution in [3.8, 4) is 0 Å². The van der Waals surface area contributed by atoms with Crippen LogP contribution in [0.15, 0.2) is 27.7 Å². The average Bonchev–Trinajstić information content (AvgIpc) is 2.39. The molecule has 2 N–H and O–H groups in total. The Labute approximate surface area is 124 Å². The molecular weight excluding hydrogens is 300 g/mol. The summed E-state index contributed by atoms with van der Waals surface area (Å²) >= 11 is 3.56. The van der Waals surface area contributed by atoms with Gasteiger partial charge in [0.2, 0.25) is 0 Å². The summed E-state index contributed by atoms with van der Waals surface area (Å²) in [6, 6.07) is 5.91. The quantitative estimate of drug-likeness (QED) is 0.618. The van der Waals surface area contributed by atoms with E-state index in [1.54, 1.807) is 0 Å². The number of halogens is 1. The van der Waals surface area contributed by atoms with E-state index >= 15 is 0 Å². The van der Waals surface area contributed by atoms with E-state index in [1.165, 1.54) is 44.9 Å². The third-order valence-electron chi connectivity index (χ3n) is 4.05. The van der Waals surface area contributed by atoms with Crippen molar-refractivity contribution in [1.29, 1.82) is 0 Å². The number of nitrogens with zero attached hydrogens (tertiary/aromatic N) is 1. The van der Waals surface area contributed by atoms with Crippen molar-refractivity contribution in [2.24, 2.45) is 4.99 Å². The lowest BCUT2D eigenvalue weighted by molar-refractivity contribution is 0.279. The fourth-order valence-corrected chi connectivity index (χ4v) is 3.49. The molecule has 0 radical (unpaired) electrons. The van der Waals surface area contributed by atoms with Gasteiger partial charge < -0.3 is 5.73 Å². The van der Waals surface area contributed by atoms with Crippen LogP contribution in [0.25, 0.3) is 0 Å². The van der Waals surface area contributed by atoms with Crippen molar-refractivity contribution in [3.05, 3.63) is 28.2 Å². The Balaban J connectivity index is 2.23. The number of aliphatic imine (C=N–C) groups is 1. The van der Waals surface area contributed by atoms with Gasteiger partial charge in [0.05, 0.1) is 5.54 Å². The molecule has 3 heteroatoms. The molecule has 1 aliphatic rings. The maximum atomic E-state index is 6.03. The number of hydrogen-bond acceptors (Lipinski definition) is 2. The molecule has 0 bridgehead atoms. The molecule has 0 saturated heterocycles. The summed E-state index contributed by atoms with van der Waals surface area (Å²) in [7, 11) is 0. The van der Waals surface area contributed by atoms with Gasteiger partial charge in [-0.25, -0.2) is 0 Å². The van der Waals surface area contributed by atoms with Crippen LogP contribution in [0.4, 0.5) is 5.69 Å². The fourth-order valence-electron chi connectivity index (χ4n) is 3.01. The number of benzene rings is 1. The Kier molecular flexibility index (Phi) is 5.03. The number of rotatable bonds is 4. The van der Waals surface area contributed by atoms with Crippen molar-refractivity contribution in [3.63, 3.8) is 0 Å². The molecule has 0 aliphatic heterocycles. The predicted molar refractivity (Wildman–Crippen MR) is 86.9 cm³/mol. The van der Waals surface area contributed by atoms with Gasteiger partial charge in [0.25, 0.3) is 0 Å². The molecule has 0 amide bonds. The molecule has 1 aromatic rings. The third-order valence-corrected chi connectivity index (χ3v) is 4.75. The Hall–Kier alpha value is -0.830. The van der Waals surface area contributed by atoms with Crippen LogP contribution in [0.3, 0.4) is 0 Å². The van der Waals surface area contributed by atoms with Crippen LogP contribution in [-0.2, 0) is 0 Å². The molecule has 0 unspecified atom stereocenters. The number of hydrogen-bond donors (Lipinski definition) is 1. The number of nitrogens with two attached hydrogens (primary N) is 1. The molecule has 104 valence electrons. The zero-order chi connectivity index (χ0) is 13.7. The molecule has 1 aliphatic carbocycles. The van der Waals surface area contributed by atoms with Crippen LogP contribution in [0, 0.1) is 0 Å². The standard InChI is InChI=1S/C16H23BrN2/c1-2-9-16(10-4-3-5-11-16)19-12-13-14(17)7-6-8-15(13)18/h6-8,12H,2-5,9-11,18H2,1H3. The van der Waals surface area contributed by atoms with E-state index in [-0.39, 0.29) is 5.54 Å². The zero-order valence-corrected chi connectivity index (χ0v) is 13.2. The summed E-state index contributed by atoms with van der Waals surface area (Å²) in [5.74, 6) is 0. The highest BCUT2D eigenvalue weighted by molar-refractivity contribution is 9.10. The second kappa shape index (κ2) is 6.56. The van der Waals surface area contributed by atoms with E-state index in [0.29, 0.717) is 0 Å². The molecule has 2 nitrogen and oxygen atoms in total. The van der Waals surface area contributed by atoms with Gasteiger partial charge in [-0.15, -0.1) is 0 Å². The van der Waals surface area contributed by atoms with E-state index in [4.69, 9.17) is 10.7 Å². The Morgan fingerprint density at radius 3 is 2.68 bits per heavy atom. The molecule has 0 atom stereocenters.